The maximum absolute atomic E-state index is 6.04. The van der Waals surface area contributed by atoms with Crippen LogP contribution in [0.25, 0.3) is 0 Å². The van der Waals surface area contributed by atoms with Crippen molar-refractivity contribution in [2.75, 3.05) is 14.2 Å². The fourth-order valence-electron chi connectivity index (χ4n) is 1.09. The van der Waals surface area contributed by atoms with Crippen LogP contribution in [0.4, 0.5) is 0 Å². The maximum Gasteiger partial charge on any atom is 0.139 e. The van der Waals surface area contributed by atoms with Crippen molar-refractivity contribution >= 4 is 23.2 Å². The van der Waals surface area contributed by atoms with Gasteiger partial charge in [-0.25, -0.2) is 0 Å². The van der Waals surface area contributed by atoms with E-state index in [1.54, 1.807) is 13.2 Å². The molecule has 0 radical (unpaired) electrons. The van der Waals surface area contributed by atoms with Gasteiger partial charge < -0.3 is 10.1 Å². The van der Waals surface area contributed by atoms with Crippen LogP contribution in [-0.2, 0) is 6.54 Å². The van der Waals surface area contributed by atoms with Crippen molar-refractivity contribution in [2.24, 2.45) is 0 Å². The minimum absolute atomic E-state index is 0.611. The van der Waals surface area contributed by atoms with Crippen LogP contribution in [0, 0.1) is 0 Å². The van der Waals surface area contributed by atoms with E-state index in [4.69, 9.17) is 27.9 Å². The van der Waals surface area contributed by atoms with Gasteiger partial charge in [-0.1, -0.05) is 23.2 Å². The molecule has 0 aliphatic carbocycles. The number of rotatable bonds is 3. The first-order chi connectivity index (χ1) is 6.19. The van der Waals surface area contributed by atoms with E-state index in [1.807, 2.05) is 13.1 Å². The highest BCUT2D eigenvalue weighted by Gasteiger charge is 2.07. The Labute approximate surface area is 87.8 Å². The van der Waals surface area contributed by atoms with Crippen LogP contribution < -0.4 is 10.1 Å². The molecule has 1 rings (SSSR count). The van der Waals surface area contributed by atoms with Gasteiger partial charge in [0, 0.05) is 17.6 Å². The van der Waals surface area contributed by atoms with Gasteiger partial charge in [0.2, 0.25) is 0 Å². The third kappa shape index (κ3) is 2.50. The van der Waals surface area contributed by atoms with E-state index in [0.717, 1.165) is 5.56 Å². The van der Waals surface area contributed by atoms with E-state index < -0.39 is 0 Å². The lowest BCUT2D eigenvalue weighted by atomic mass is 10.2. The molecule has 0 aliphatic rings. The van der Waals surface area contributed by atoms with E-state index in [9.17, 15) is 0 Å². The zero-order chi connectivity index (χ0) is 9.84. The Balaban J connectivity index is 3.11. The molecule has 1 N–H and O–H groups in total. The molecule has 0 saturated heterocycles. The van der Waals surface area contributed by atoms with Crippen molar-refractivity contribution in [1.29, 1.82) is 0 Å². The lowest BCUT2D eigenvalue weighted by molar-refractivity contribution is 0.414. The highest BCUT2D eigenvalue weighted by Crippen LogP contribution is 2.31. The van der Waals surface area contributed by atoms with E-state index in [2.05, 4.69) is 5.32 Å². The van der Waals surface area contributed by atoms with E-state index in [0.29, 0.717) is 22.3 Å². The first-order valence-corrected chi connectivity index (χ1v) is 4.61. The van der Waals surface area contributed by atoms with Crippen molar-refractivity contribution in [3.8, 4) is 5.75 Å². The van der Waals surface area contributed by atoms with E-state index in [-0.39, 0.29) is 0 Å². The Morgan fingerprint density at radius 1 is 1.38 bits per heavy atom. The standard InChI is InChI=1S/C9H11Cl2NO/c1-12-5-6-3-7(10)4-8(13-2)9(6)11/h3-4,12H,5H2,1-2H3. The molecule has 0 amide bonds. The number of hydrogen-bond donors (Lipinski definition) is 1. The van der Waals surface area contributed by atoms with Crippen LogP contribution in [0.2, 0.25) is 10.0 Å². The maximum atomic E-state index is 6.04. The van der Waals surface area contributed by atoms with Gasteiger partial charge in [-0.3, -0.25) is 0 Å². The summed E-state index contributed by atoms with van der Waals surface area (Å²) in [5.74, 6) is 0.611. The number of nitrogens with one attached hydrogen (secondary N) is 1. The fraction of sp³-hybridized carbons (Fsp3) is 0.333. The van der Waals surface area contributed by atoms with E-state index in [1.165, 1.54) is 0 Å². The Bertz CT molecular complexity index is 302. The van der Waals surface area contributed by atoms with Crippen molar-refractivity contribution in [1.82, 2.24) is 5.32 Å². The number of benzene rings is 1. The molecule has 0 unspecified atom stereocenters. The zero-order valence-corrected chi connectivity index (χ0v) is 9.04. The second-order valence-electron chi connectivity index (χ2n) is 2.61. The van der Waals surface area contributed by atoms with Gasteiger partial charge >= 0.3 is 0 Å². The summed E-state index contributed by atoms with van der Waals surface area (Å²) in [6, 6.07) is 3.52. The Morgan fingerprint density at radius 2 is 2.08 bits per heavy atom. The average Bonchev–Trinajstić information content (AvgIpc) is 2.11. The monoisotopic (exact) mass is 219 g/mol. The highest BCUT2D eigenvalue weighted by atomic mass is 35.5. The summed E-state index contributed by atoms with van der Waals surface area (Å²) >= 11 is 11.9. The largest absolute Gasteiger partial charge is 0.495 e. The molecule has 0 heterocycles. The molecule has 4 heteroatoms. The molecule has 0 spiro atoms. The summed E-state index contributed by atoms with van der Waals surface area (Å²) in [7, 11) is 3.42. The number of methoxy groups -OCH3 is 1. The first kappa shape index (κ1) is 10.6. The third-order valence-electron chi connectivity index (χ3n) is 1.67. The van der Waals surface area contributed by atoms with Gasteiger partial charge in [0.15, 0.2) is 0 Å². The van der Waals surface area contributed by atoms with Gasteiger partial charge in [-0.05, 0) is 18.7 Å². The molecule has 13 heavy (non-hydrogen) atoms. The Morgan fingerprint density at radius 3 is 2.62 bits per heavy atom. The first-order valence-electron chi connectivity index (χ1n) is 3.85. The molecule has 0 fully saturated rings. The molecule has 1 aromatic carbocycles. The van der Waals surface area contributed by atoms with Gasteiger partial charge in [0.25, 0.3) is 0 Å². The van der Waals surface area contributed by atoms with Crippen molar-refractivity contribution < 1.29 is 4.74 Å². The zero-order valence-electron chi connectivity index (χ0n) is 7.53. The summed E-state index contributed by atoms with van der Waals surface area (Å²) in [6.45, 7) is 0.676. The van der Waals surface area contributed by atoms with Gasteiger partial charge in [-0.15, -0.1) is 0 Å². The van der Waals surface area contributed by atoms with Gasteiger partial charge in [0.05, 0.1) is 12.1 Å². The van der Waals surface area contributed by atoms with E-state index >= 15 is 0 Å². The fourth-order valence-corrected chi connectivity index (χ4v) is 1.57. The molecule has 0 bridgehead atoms. The third-order valence-corrected chi connectivity index (χ3v) is 2.31. The highest BCUT2D eigenvalue weighted by molar-refractivity contribution is 6.34. The average molecular weight is 220 g/mol. The Kier molecular flexibility index (Phi) is 3.85. The molecule has 2 nitrogen and oxygen atoms in total. The summed E-state index contributed by atoms with van der Waals surface area (Å²) in [6.07, 6.45) is 0. The molecular formula is C9H11Cl2NO. The van der Waals surface area contributed by atoms with Crippen LogP contribution in [-0.4, -0.2) is 14.2 Å². The van der Waals surface area contributed by atoms with Crippen LogP contribution in [0.15, 0.2) is 12.1 Å². The minimum atomic E-state index is 0.611. The minimum Gasteiger partial charge on any atom is -0.495 e. The molecule has 0 saturated carbocycles. The molecule has 1 aromatic rings. The summed E-state index contributed by atoms with van der Waals surface area (Å²) in [4.78, 5) is 0. The molecule has 0 aromatic heterocycles. The van der Waals surface area contributed by atoms with Crippen molar-refractivity contribution in [2.45, 2.75) is 6.54 Å². The lowest BCUT2D eigenvalue weighted by Gasteiger charge is -2.08. The van der Waals surface area contributed by atoms with Crippen LogP contribution in [0.3, 0.4) is 0 Å². The molecule has 0 atom stereocenters. The number of hydrogen-bond acceptors (Lipinski definition) is 2. The molecule has 72 valence electrons. The normalized spacial score (nSPS) is 10.2. The van der Waals surface area contributed by atoms with Crippen molar-refractivity contribution in [3.05, 3.63) is 27.7 Å². The van der Waals surface area contributed by atoms with Crippen LogP contribution in [0.5, 0.6) is 5.75 Å². The summed E-state index contributed by atoms with van der Waals surface area (Å²) in [5, 5.41) is 4.25. The van der Waals surface area contributed by atoms with Gasteiger partial charge in [0.1, 0.15) is 5.75 Å². The number of ether oxygens (including phenoxy) is 1. The summed E-state index contributed by atoms with van der Waals surface area (Å²) < 4.78 is 5.07. The number of halogens is 2. The van der Waals surface area contributed by atoms with Crippen LogP contribution in [0.1, 0.15) is 5.56 Å². The second-order valence-corrected chi connectivity index (χ2v) is 3.43. The summed E-state index contributed by atoms with van der Waals surface area (Å²) in [5.41, 5.74) is 0.938. The predicted octanol–water partition coefficient (Wildman–Crippen LogP) is 2.72. The SMILES string of the molecule is CNCc1cc(Cl)cc(OC)c1Cl. The Hall–Kier alpha value is -0.440. The smallest absolute Gasteiger partial charge is 0.139 e. The molecular weight excluding hydrogens is 209 g/mol. The lowest BCUT2D eigenvalue weighted by Crippen LogP contribution is -2.06. The van der Waals surface area contributed by atoms with Crippen molar-refractivity contribution in [3.63, 3.8) is 0 Å². The van der Waals surface area contributed by atoms with Crippen LogP contribution >= 0.6 is 23.2 Å². The topological polar surface area (TPSA) is 21.3 Å². The second kappa shape index (κ2) is 4.70. The van der Waals surface area contributed by atoms with Gasteiger partial charge in [-0.2, -0.15) is 0 Å². The predicted molar refractivity (Wildman–Crippen MR) is 55.8 cm³/mol. The quantitative estimate of drug-likeness (QED) is 0.845. The molecule has 0 aliphatic heterocycles.